The lowest BCUT2D eigenvalue weighted by Gasteiger charge is -2.26. The molecule has 0 atom stereocenters. The van der Waals surface area contributed by atoms with Crippen molar-refractivity contribution in [1.82, 2.24) is 9.55 Å². The Kier molecular flexibility index (Phi) is 4.27. The number of methoxy groups -OCH3 is 1. The topological polar surface area (TPSA) is 39.1 Å². The minimum Gasteiger partial charge on any atom is -0.385 e. The van der Waals surface area contributed by atoms with Gasteiger partial charge in [-0.05, 0) is 33.1 Å². The maximum absolute atomic E-state index is 5.11. The Balaban J connectivity index is 2.02. The second kappa shape index (κ2) is 5.74. The Bertz CT molecular complexity index is 380. The molecular weight excluding hydrogens is 226 g/mol. The molecule has 1 N–H and O–H groups in total. The summed E-state index contributed by atoms with van der Waals surface area (Å²) in [4.78, 5) is 4.61. The number of nitrogens with zero attached hydrogens (tertiary/aromatic N) is 2. The SMILES string of the molecule is COCCCn1cc(C)nc1NC1(C)CCCC1. The van der Waals surface area contributed by atoms with Gasteiger partial charge in [0.1, 0.15) is 0 Å². The number of rotatable bonds is 6. The van der Waals surface area contributed by atoms with Gasteiger partial charge in [0.05, 0.1) is 5.69 Å². The number of aromatic nitrogens is 2. The van der Waals surface area contributed by atoms with E-state index in [1.54, 1.807) is 7.11 Å². The number of ether oxygens (including phenoxy) is 1. The Labute approximate surface area is 110 Å². The van der Waals surface area contributed by atoms with E-state index in [1.165, 1.54) is 25.7 Å². The van der Waals surface area contributed by atoms with Crippen LogP contribution in [0.2, 0.25) is 0 Å². The molecule has 1 aromatic rings. The Morgan fingerprint density at radius 2 is 2.17 bits per heavy atom. The summed E-state index contributed by atoms with van der Waals surface area (Å²) in [5, 5.41) is 3.64. The van der Waals surface area contributed by atoms with Crippen LogP contribution >= 0.6 is 0 Å². The largest absolute Gasteiger partial charge is 0.385 e. The van der Waals surface area contributed by atoms with Crippen LogP contribution in [0.25, 0.3) is 0 Å². The maximum atomic E-state index is 5.11. The van der Waals surface area contributed by atoms with E-state index in [-0.39, 0.29) is 5.54 Å². The van der Waals surface area contributed by atoms with Crippen LogP contribution in [0.15, 0.2) is 6.20 Å². The van der Waals surface area contributed by atoms with E-state index in [0.29, 0.717) is 0 Å². The van der Waals surface area contributed by atoms with Crippen molar-refractivity contribution in [3.63, 3.8) is 0 Å². The average Bonchev–Trinajstić information content (AvgIpc) is 2.87. The molecule has 18 heavy (non-hydrogen) atoms. The van der Waals surface area contributed by atoms with Gasteiger partial charge in [0, 0.05) is 32.0 Å². The van der Waals surface area contributed by atoms with Crippen LogP contribution in [-0.2, 0) is 11.3 Å². The smallest absolute Gasteiger partial charge is 0.203 e. The zero-order valence-corrected chi connectivity index (χ0v) is 11.8. The number of hydrogen-bond acceptors (Lipinski definition) is 3. The fourth-order valence-corrected chi connectivity index (χ4v) is 2.75. The molecule has 0 saturated heterocycles. The van der Waals surface area contributed by atoms with Crippen LogP contribution in [-0.4, -0.2) is 28.8 Å². The summed E-state index contributed by atoms with van der Waals surface area (Å²) in [5.41, 5.74) is 1.31. The van der Waals surface area contributed by atoms with Crippen molar-refractivity contribution in [3.05, 3.63) is 11.9 Å². The number of anilines is 1. The molecule has 4 heteroatoms. The number of hydrogen-bond donors (Lipinski definition) is 1. The average molecular weight is 251 g/mol. The highest BCUT2D eigenvalue weighted by molar-refractivity contribution is 5.33. The molecule has 0 bridgehead atoms. The summed E-state index contributed by atoms with van der Waals surface area (Å²) >= 11 is 0. The van der Waals surface area contributed by atoms with Gasteiger partial charge in [-0.1, -0.05) is 12.8 Å². The highest BCUT2D eigenvalue weighted by Gasteiger charge is 2.29. The van der Waals surface area contributed by atoms with Crippen molar-refractivity contribution in [1.29, 1.82) is 0 Å². The molecule has 0 radical (unpaired) electrons. The summed E-state index contributed by atoms with van der Waals surface area (Å²) in [6.07, 6.45) is 8.29. The molecule has 1 aliphatic carbocycles. The van der Waals surface area contributed by atoms with Crippen molar-refractivity contribution in [2.75, 3.05) is 19.0 Å². The second-order valence-corrected chi connectivity index (χ2v) is 5.64. The molecule has 1 aromatic heterocycles. The van der Waals surface area contributed by atoms with E-state index in [9.17, 15) is 0 Å². The van der Waals surface area contributed by atoms with Gasteiger partial charge in [0.15, 0.2) is 0 Å². The van der Waals surface area contributed by atoms with Crippen molar-refractivity contribution in [2.24, 2.45) is 0 Å². The van der Waals surface area contributed by atoms with E-state index >= 15 is 0 Å². The highest BCUT2D eigenvalue weighted by Crippen LogP contribution is 2.32. The standard InChI is InChI=1S/C14H25N3O/c1-12-11-17(9-6-10-18-3)13(15-12)16-14(2)7-4-5-8-14/h11H,4-10H2,1-3H3,(H,15,16). The molecule has 1 saturated carbocycles. The van der Waals surface area contributed by atoms with Gasteiger partial charge in [-0.25, -0.2) is 4.98 Å². The fraction of sp³-hybridized carbons (Fsp3) is 0.786. The summed E-state index contributed by atoms with van der Waals surface area (Å²) < 4.78 is 7.33. The Morgan fingerprint density at radius 3 is 2.83 bits per heavy atom. The molecule has 1 aliphatic rings. The Hall–Kier alpha value is -1.03. The molecule has 102 valence electrons. The first kappa shape index (κ1) is 13.4. The number of aryl methyl sites for hydroxylation is 2. The van der Waals surface area contributed by atoms with Gasteiger partial charge in [0.25, 0.3) is 0 Å². The molecule has 0 amide bonds. The van der Waals surface area contributed by atoms with Gasteiger partial charge in [-0.2, -0.15) is 0 Å². The summed E-state index contributed by atoms with van der Waals surface area (Å²) in [6, 6.07) is 0. The van der Waals surface area contributed by atoms with Crippen LogP contribution in [0.4, 0.5) is 5.95 Å². The molecular formula is C14H25N3O. The Morgan fingerprint density at radius 1 is 1.44 bits per heavy atom. The quantitative estimate of drug-likeness (QED) is 0.790. The number of nitrogens with one attached hydrogen (secondary N) is 1. The first-order valence-corrected chi connectivity index (χ1v) is 6.94. The molecule has 1 fully saturated rings. The van der Waals surface area contributed by atoms with Gasteiger partial charge >= 0.3 is 0 Å². The molecule has 2 rings (SSSR count). The summed E-state index contributed by atoms with van der Waals surface area (Å²) in [5.74, 6) is 1.02. The minimum absolute atomic E-state index is 0.233. The van der Waals surface area contributed by atoms with Gasteiger partial charge in [-0.15, -0.1) is 0 Å². The van der Waals surface area contributed by atoms with Gasteiger partial charge in [0.2, 0.25) is 5.95 Å². The maximum Gasteiger partial charge on any atom is 0.203 e. The van der Waals surface area contributed by atoms with Crippen molar-refractivity contribution >= 4 is 5.95 Å². The third kappa shape index (κ3) is 3.25. The second-order valence-electron chi connectivity index (χ2n) is 5.64. The first-order chi connectivity index (χ1) is 8.63. The lowest BCUT2D eigenvalue weighted by Crippen LogP contribution is -2.32. The zero-order valence-electron chi connectivity index (χ0n) is 11.8. The molecule has 4 nitrogen and oxygen atoms in total. The summed E-state index contributed by atoms with van der Waals surface area (Å²) in [6.45, 7) is 6.12. The zero-order chi connectivity index (χ0) is 13.0. The van der Waals surface area contributed by atoms with E-state index in [4.69, 9.17) is 4.74 Å². The highest BCUT2D eigenvalue weighted by atomic mass is 16.5. The summed E-state index contributed by atoms with van der Waals surface area (Å²) in [7, 11) is 1.75. The third-order valence-corrected chi connectivity index (χ3v) is 3.77. The van der Waals surface area contributed by atoms with Crippen LogP contribution in [0, 0.1) is 6.92 Å². The predicted molar refractivity (Wildman–Crippen MR) is 74.0 cm³/mol. The van der Waals surface area contributed by atoms with E-state index in [2.05, 4.69) is 34.9 Å². The van der Waals surface area contributed by atoms with Crippen molar-refractivity contribution in [2.45, 2.75) is 58.0 Å². The molecule has 0 aromatic carbocycles. The van der Waals surface area contributed by atoms with Crippen LogP contribution in [0.3, 0.4) is 0 Å². The molecule has 0 aliphatic heterocycles. The van der Waals surface area contributed by atoms with Crippen LogP contribution < -0.4 is 5.32 Å². The normalized spacial score (nSPS) is 18.2. The lowest BCUT2D eigenvalue weighted by molar-refractivity contribution is 0.190. The number of imidazole rings is 1. The lowest BCUT2D eigenvalue weighted by atomic mass is 10.0. The van der Waals surface area contributed by atoms with Crippen LogP contribution in [0.1, 0.15) is 44.7 Å². The van der Waals surface area contributed by atoms with Gasteiger partial charge < -0.3 is 14.6 Å². The van der Waals surface area contributed by atoms with Crippen LogP contribution in [0.5, 0.6) is 0 Å². The molecule has 0 unspecified atom stereocenters. The molecule has 0 spiro atoms. The molecule has 1 heterocycles. The monoisotopic (exact) mass is 251 g/mol. The minimum atomic E-state index is 0.233. The van der Waals surface area contributed by atoms with Gasteiger partial charge in [-0.3, -0.25) is 0 Å². The predicted octanol–water partition coefficient (Wildman–Crippen LogP) is 2.97. The first-order valence-electron chi connectivity index (χ1n) is 6.94. The van der Waals surface area contributed by atoms with E-state index in [1.807, 2.05) is 0 Å². The van der Waals surface area contributed by atoms with E-state index in [0.717, 1.165) is 31.2 Å². The third-order valence-electron chi connectivity index (χ3n) is 3.77. The van der Waals surface area contributed by atoms with Crippen molar-refractivity contribution < 1.29 is 4.74 Å². The van der Waals surface area contributed by atoms with E-state index < -0.39 is 0 Å². The van der Waals surface area contributed by atoms with Crippen molar-refractivity contribution in [3.8, 4) is 0 Å². The fourth-order valence-electron chi connectivity index (χ4n) is 2.75.